The Hall–Kier alpha value is -2.77. The maximum atomic E-state index is 13.0. The Morgan fingerprint density at radius 1 is 1.33 bits per heavy atom. The van der Waals surface area contributed by atoms with E-state index in [0.29, 0.717) is 10.2 Å². The fourth-order valence-corrected chi connectivity index (χ4v) is 2.19. The van der Waals surface area contributed by atoms with Crippen LogP contribution in [0.3, 0.4) is 0 Å². The highest BCUT2D eigenvalue weighted by molar-refractivity contribution is 6.02. The molecule has 6 nitrogen and oxygen atoms in total. The first-order chi connectivity index (χ1) is 9.97. The predicted molar refractivity (Wildman–Crippen MR) is 70.1 cm³/mol. The molecule has 2 heterocycles. The third-order valence-electron chi connectivity index (χ3n) is 3.13. The number of hydrogen-bond acceptors (Lipinski definition) is 3. The van der Waals surface area contributed by atoms with Gasteiger partial charge in [-0.3, -0.25) is 4.68 Å². The Morgan fingerprint density at radius 3 is 2.67 bits per heavy atom. The van der Waals surface area contributed by atoms with E-state index in [1.807, 2.05) is 0 Å². The highest BCUT2D eigenvalue weighted by Gasteiger charge is 2.21. The summed E-state index contributed by atoms with van der Waals surface area (Å²) in [6.07, 6.45) is 3.34. The first-order valence-electron chi connectivity index (χ1n) is 6.00. The van der Waals surface area contributed by atoms with Crippen LogP contribution in [-0.4, -0.2) is 30.6 Å². The number of aromatic carboxylic acids is 1. The molecule has 0 bridgehead atoms. The van der Waals surface area contributed by atoms with Crippen molar-refractivity contribution in [3.8, 4) is 11.1 Å². The van der Waals surface area contributed by atoms with E-state index in [9.17, 15) is 13.6 Å². The number of aromatic nitrogens is 4. The maximum Gasteiger partial charge on any atom is 0.357 e. The van der Waals surface area contributed by atoms with Crippen molar-refractivity contribution in [1.29, 1.82) is 0 Å². The summed E-state index contributed by atoms with van der Waals surface area (Å²) in [5.74, 6) is -1.34. The minimum absolute atomic E-state index is 0.0729. The van der Waals surface area contributed by atoms with Gasteiger partial charge in [0.25, 0.3) is 0 Å². The molecule has 0 radical (unpaired) electrons. The van der Waals surface area contributed by atoms with Gasteiger partial charge in [-0.2, -0.15) is 19.0 Å². The molecule has 0 atom stereocenters. The summed E-state index contributed by atoms with van der Waals surface area (Å²) in [6.45, 7) is -2.91. The molecule has 0 saturated heterocycles. The van der Waals surface area contributed by atoms with Crippen molar-refractivity contribution in [2.24, 2.45) is 7.05 Å². The Bertz CT molecular complexity index is 838. The fraction of sp³-hybridized carbons (Fsp3) is 0.154. The summed E-state index contributed by atoms with van der Waals surface area (Å²) in [6, 6.07) is 4.62. The van der Waals surface area contributed by atoms with Crippen LogP contribution in [0.1, 0.15) is 17.0 Å². The van der Waals surface area contributed by atoms with Crippen LogP contribution in [0.2, 0.25) is 0 Å². The average molecular weight is 292 g/mol. The van der Waals surface area contributed by atoms with E-state index in [1.165, 1.54) is 12.1 Å². The highest BCUT2D eigenvalue weighted by atomic mass is 19.3. The summed E-state index contributed by atoms with van der Waals surface area (Å²) in [7, 11) is 1.74. The second-order valence-electron chi connectivity index (χ2n) is 4.51. The molecule has 0 fully saturated rings. The number of nitrogens with zero attached hydrogens (tertiary/aromatic N) is 4. The quantitative estimate of drug-likeness (QED) is 0.805. The highest BCUT2D eigenvalue weighted by Crippen LogP contribution is 2.28. The normalized spacial score (nSPS) is 11.4. The molecule has 8 heteroatoms. The third-order valence-corrected chi connectivity index (χ3v) is 3.13. The average Bonchev–Trinajstić information content (AvgIpc) is 3.01. The lowest BCUT2D eigenvalue weighted by molar-refractivity contribution is 0.0585. The van der Waals surface area contributed by atoms with Gasteiger partial charge in [-0.25, -0.2) is 9.48 Å². The topological polar surface area (TPSA) is 72.9 Å². The van der Waals surface area contributed by atoms with Crippen molar-refractivity contribution in [3.05, 3.63) is 36.3 Å². The smallest absolute Gasteiger partial charge is 0.357 e. The van der Waals surface area contributed by atoms with Crippen LogP contribution in [0.25, 0.3) is 22.0 Å². The maximum absolute atomic E-state index is 13.0. The van der Waals surface area contributed by atoms with Crippen molar-refractivity contribution in [3.63, 3.8) is 0 Å². The molecule has 3 rings (SSSR count). The van der Waals surface area contributed by atoms with E-state index in [0.717, 1.165) is 5.56 Å². The van der Waals surface area contributed by atoms with Crippen molar-refractivity contribution in [2.45, 2.75) is 6.55 Å². The van der Waals surface area contributed by atoms with Crippen LogP contribution in [0.5, 0.6) is 0 Å². The minimum Gasteiger partial charge on any atom is -0.476 e. The van der Waals surface area contributed by atoms with Crippen LogP contribution in [0.4, 0.5) is 8.78 Å². The SMILES string of the molecule is Cn1cc(-c2ccc3c(C(=O)O)nn(C(F)F)c3c2)cn1. The lowest BCUT2D eigenvalue weighted by Crippen LogP contribution is -2.03. The molecule has 2 aromatic heterocycles. The largest absolute Gasteiger partial charge is 0.476 e. The predicted octanol–water partition coefficient (Wildman–Crippen LogP) is 2.53. The summed E-state index contributed by atoms with van der Waals surface area (Å²) >= 11 is 0. The van der Waals surface area contributed by atoms with E-state index in [4.69, 9.17) is 5.11 Å². The number of carboxylic acids is 1. The molecule has 1 N–H and O–H groups in total. The van der Waals surface area contributed by atoms with Crippen molar-refractivity contribution >= 4 is 16.9 Å². The zero-order valence-electron chi connectivity index (χ0n) is 10.9. The second kappa shape index (κ2) is 4.65. The van der Waals surface area contributed by atoms with E-state index in [-0.39, 0.29) is 16.6 Å². The molecule has 21 heavy (non-hydrogen) atoms. The second-order valence-corrected chi connectivity index (χ2v) is 4.51. The van der Waals surface area contributed by atoms with Gasteiger partial charge in [-0.15, -0.1) is 0 Å². The number of fused-ring (bicyclic) bond motifs is 1. The Labute approximate surface area is 117 Å². The van der Waals surface area contributed by atoms with E-state index < -0.39 is 12.5 Å². The van der Waals surface area contributed by atoms with Crippen molar-refractivity contribution < 1.29 is 18.7 Å². The van der Waals surface area contributed by atoms with Gasteiger partial charge >= 0.3 is 12.5 Å². The summed E-state index contributed by atoms with van der Waals surface area (Å²) < 4.78 is 28.0. The van der Waals surface area contributed by atoms with Crippen LogP contribution in [0.15, 0.2) is 30.6 Å². The Balaban J connectivity index is 2.25. The summed E-state index contributed by atoms with van der Waals surface area (Å²) in [4.78, 5) is 11.1. The molecule has 0 amide bonds. The van der Waals surface area contributed by atoms with E-state index in [2.05, 4.69) is 10.2 Å². The number of rotatable bonds is 3. The number of carbonyl (C=O) groups is 1. The van der Waals surface area contributed by atoms with Gasteiger partial charge < -0.3 is 5.11 Å². The van der Waals surface area contributed by atoms with Crippen LogP contribution >= 0.6 is 0 Å². The number of halogens is 2. The monoisotopic (exact) mass is 292 g/mol. The molecular formula is C13H10F2N4O2. The van der Waals surface area contributed by atoms with Gasteiger partial charge in [-0.1, -0.05) is 6.07 Å². The summed E-state index contributed by atoms with van der Waals surface area (Å²) in [5, 5.41) is 16.7. The van der Waals surface area contributed by atoms with E-state index in [1.54, 1.807) is 30.2 Å². The first kappa shape index (κ1) is 13.2. The number of benzene rings is 1. The molecular weight excluding hydrogens is 282 g/mol. The molecule has 108 valence electrons. The number of aryl methyl sites for hydroxylation is 1. The molecule has 0 saturated carbocycles. The van der Waals surface area contributed by atoms with Crippen LogP contribution in [0, 0.1) is 0 Å². The summed E-state index contributed by atoms with van der Waals surface area (Å²) in [5.41, 5.74) is 1.10. The van der Waals surface area contributed by atoms with Gasteiger partial charge in [0.1, 0.15) is 0 Å². The molecule has 0 spiro atoms. The van der Waals surface area contributed by atoms with Gasteiger partial charge in [-0.05, 0) is 17.7 Å². The van der Waals surface area contributed by atoms with Gasteiger partial charge in [0.15, 0.2) is 5.69 Å². The third kappa shape index (κ3) is 2.14. The molecule has 0 unspecified atom stereocenters. The van der Waals surface area contributed by atoms with Gasteiger partial charge in [0, 0.05) is 24.2 Å². The molecule has 0 aliphatic rings. The zero-order valence-corrected chi connectivity index (χ0v) is 10.9. The lowest BCUT2D eigenvalue weighted by atomic mass is 10.1. The first-order valence-corrected chi connectivity index (χ1v) is 6.00. The van der Waals surface area contributed by atoms with Crippen molar-refractivity contribution in [1.82, 2.24) is 19.6 Å². The lowest BCUT2D eigenvalue weighted by Gasteiger charge is -2.02. The fourth-order valence-electron chi connectivity index (χ4n) is 2.19. The molecule has 0 aliphatic heterocycles. The number of hydrogen-bond donors (Lipinski definition) is 1. The van der Waals surface area contributed by atoms with Crippen LogP contribution in [-0.2, 0) is 7.05 Å². The van der Waals surface area contributed by atoms with Crippen LogP contribution < -0.4 is 0 Å². The van der Waals surface area contributed by atoms with E-state index >= 15 is 0 Å². The molecule has 3 aromatic rings. The number of carboxylic acid groups (broad SMARTS) is 1. The number of alkyl halides is 2. The van der Waals surface area contributed by atoms with Gasteiger partial charge in [0.2, 0.25) is 0 Å². The molecule has 1 aromatic carbocycles. The minimum atomic E-state index is -2.91. The molecule has 0 aliphatic carbocycles. The van der Waals surface area contributed by atoms with Crippen molar-refractivity contribution in [2.75, 3.05) is 0 Å². The van der Waals surface area contributed by atoms with Gasteiger partial charge in [0.05, 0.1) is 11.7 Å². The zero-order chi connectivity index (χ0) is 15.1. The Kier molecular flexibility index (Phi) is 2.93. The standard InChI is InChI=1S/C13H10F2N4O2/c1-18-6-8(5-16-18)7-2-3-9-10(4-7)19(13(14)15)17-11(9)12(20)21/h2-6,13H,1H3,(H,20,21). The Morgan fingerprint density at radius 2 is 2.10 bits per heavy atom.